The number of halogens is 5. The Morgan fingerprint density at radius 1 is 1.16 bits per heavy atom. The lowest BCUT2D eigenvalue weighted by atomic mass is 9.77. The molecule has 2 aromatic carbocycles. The summed E-state index contributed by atoms with van der Waals surface area (Å²) in [6.07, 6.45) is -4.45. The minimum atomic E-state index is -4.78. The Balaban J connectivity index is 1.78. The zero-order chi connectivity index (χ0) is 22.4. The first-order valence-electron chi connectivity index (χ1n) is 9.04. The molecule has 4 rings (SSSR count). The van der Waals surface area contributed by atoms with Crippen LogP contribution in [-0.2, 0) is 5.41 Å². The fourth-order valence-electron chi connectivity index (χ4n) is 3.97. The number of hydrogen-bond donors (Lipinski definition) is 1. The summed E-state index contributed by atoms with van der Waals surface area (Å²) in [5.74, 6) is 0. The van der Waals surface area contributed by atoms with E-state index >= 15 is 0 Å². The summed E-state index contributed by atoms with van der Waals surface area (Å²) < 4.78 is 44.4. The van der Waals surface area contributed by atoms with E-state index in [-0.39, 0.29) is 33.4 Å². The molecule has 160 valence electrons. The van der Waals surface area contributed by atoms with Crippen LogP contribution in [0.15, 0.2) is 49.1 Å². The van der Waals surface area contributed by atoms with Crippen molar-refractivity contribution in [3.05, 3.63) is 70.2 Å². The van der Waals surface area contributed by atoms with Gasteiger partial charge in [0, 0.05) is 22.3 Å². The van der Waals surface area contributed by atoms with Crippen LogP contribution < -0.4 is 4.90 Å². The van der Waals surface area contributed by atoms with Crippen LogP contribution >= 0.6 is 23.2 Å². The fraction of sp³-hybridized carbons (Fsp3) is 0.250. The number of benzene rings is 2. The Hall–Kier alpha value is -2.80. The number of hydrogen-bond acceptors (Lipinski definition) is 5. The summed E-state index contributed by atoms with van der Waals surface area (Å²) in [6, 6.07) is 10.2. The van der Waals surface area contributed by atoms with E-state index in [4.69, 9.17) is 23.2 Å². The number of alkyl halides is 3. The maximum absolute atomic E-state index is 14.4. The van der Waals surface area contributed by atoms with Gasteiger partial charge >= 0.3 is 6.18 Å². The van der Waals surface area contributed by atoms with Gasteiger partial charge in [-0.05, 0) is 48.4 Å². The molecule has 0 bridgehead atoms. The highest BCUT2D eigenvalue weighted by Gasteiger charge is 2.64. The quantitative estimate of drug-likeness (QED) is 0.614. The van der Waals surface area contributed by atoms with Gasteiger partial charge in [-0.15, -0.1) is 0 Å². The van der Waals surface area contributed by atoms with E-state index in [1.54, 1.807) is 6.07 Å². The monoisotopic (exact) mass is 467 g/mol. The standard InChI is InChI=1S/C20H14Cl2F3N5O/c21-14-6-13(7-15(22)8-14)19(20(23,24)25)3-4-29(18(19)31)16-1-2-17(12(5-16)9-26)30-11-27-10-28-30/h1-2,5-8,10-11,18,31H,3-4H2. The highest BCUT2D eigenvalue weighted by molar-refractivity contribution is 6.34. The van der Waals surface area contributed by atoms with Gasteiger partial charge in [-0.1, -0.05) is 23.2 Å². The molecule has 2 heterocycles. The molecule has 0 radical (unpaired) electrons. The van der Waals surface area contributed by atoms with Gasteiger partial charge < -0.3 is 10.0 Å². The van der Waals surface area contributed by atoms with Crippen molar-refractivity contribution < 1.29 is 18.3 Å². The molecule has 0 amide bonds. The van der Waals surface area contributed by atoms with Crippen LogP contribution in [-0.4, -0.2) is 38.8 Å². The maximum Gasteiger partial charge on any atom is 0.402 e. The summed E-state index contributed by atoms with van der Waals surface area (Å²) in [5, 5.41) is 24.5. The molecule has 1 aromatic heterocycles. The van der Waals surface area contributed by atoms with Gasteiger partial charge in [0.05, 0.1) is 11.3 Å². The molecule has 2 atom stereocenters. The molecule has 1 aliphatic heterocycles. The number of nitrogens with zero attached hydrogens (tertiary/aromatic N) is 5. The number of nitriles is 1. The average molecular weight is 468 g/mol. The second-order valence-electron chi connectivity index (χ2n) is 7.10. The van der Waals surface area contributed by atoms with Crippen molar-refractivity contribution in [1.82, 2.24) is 14.8 Å². The SMILES string of the molecule is N#Cc1cc(N2CCC(c3cc(Cl)cc(Cl)c3)(C(F)(F)F)C2O)ccc1-n1cncn1. The Bertz CT molecular complexity index is 1140. The molecule has 0 saturated carbocycles. The Kier molecular flexibility index (Phi) is 5.33. The van der Waals surface area contributed by atoms with Gasteiger partial charge in [0.15, 0.2) is 0 Å². The number of aliphatic hydroxyl groups excluding tert-OH is 1. The molecular formula is C20H14Cl2F3N5O. The number of aliphatic hydroxyl groups is 1. The highest BCUT2D eigenvalue weighted by Crippen LogP contribution is 2.52. The summed E-state index contributed by atoms with van der Waals surface area (Å²) in [4.78, 5) is 5.04. The molecule has 1 N–H and O–H groups in total. The number of aromatic nitrogens is 3. The van der Waals surface area contributed by atoms with Crippen molar-refractivity contribution in [2.75, 3.05) is 11.4 Å². The second-order valence-corrected chi connectivity index (χ2v) is 7.97. The van der Waals surface area contributed by atoms with Gasteiger partial charge in [-0.25, -0.2) is 9.67 Å². The summed E-state index contributed by atoms with van der Waals surface area (Å²) in [5.41, 5.74) is -1.95. The molecule has 0 aliphatic carbocycles. The third kappa shape index (κ3) is 3.51. The van der Waals surface area contributed by atoms with Crippen molar-refractivity contribution in [3.63, 3.8) is 0 Å². The van der Waals surface area contributed by atoms with Crippen molar-refractivity contribution in [3.8, 4) is 11.8 Å². The topological polar surface area (TPSA) is 78.0 Å². The van der Waals surface area contributed by atoms with Crippen LogP contribution in [0.4, 0.5) is 18.9 Å². The van der Waals surface area contributed by atoms with Crippen molar-refractivity contribution in [2.45, 2.75) is 24.2 Å². The fourth-order valence-corrected chi connectivity index (χ4v) is 4.49. The largest absolute Gasteiger partial charge is 0.402 e. The lowest BCUT2D eigenvalue weighted by Gasteiger charge is -2.37. The predicted molar refractivity (Wildman–Crippen MR) is 108 cm³/mol. The van der Waals surface area contributed by atoms with E-state index < -0.39 is 24.2 Å². The number of rotatable bonds is 3. The van der Waals surface area contributed by atoms with Crippen molar-refractivity contribution in [2.24, 2.45) is 0 Å². The van der Waals surface area contributed by atoms with Gasteiger partial charge in [0.2, 0.25) is 0 Å². The molecule has 3 aromatic rings. The lowest BCUT2D eigenvalue weighted by molar-refractivity contribution is -0.210. The van der Waals surface area contributed by atoms with Crippen molar-refractivity contribution in [1.29, 1.82) is 5.26 Å². The van der Waals surface area contributed by atoms with Gasteiger partial charge in [0.1, 0.15) is 30.4 Å². The second kappa shape index (κ2) is 7.71. The van der Waals surface area contributed by atoms with E-state index in [2.05, 4.69) is 10.1 Å². The van der Waals surface area contributed by atoms with Gasteiger partial charge in [-0.3, -0.25) is 0 Å². The van der Waals surface area contributed by atoms with Gasteiger partial charge in [-0.2, -0.15) is 23.5 Å². The molecule has 6 nitrogen and oxygen atoms in total. The molecule has 11 heteroatoms. The first-order chi connectivity index (χ1) is 14.7. The van der Waals surface area contributed by atoms with Crippen LogP contribution in [0.3, 0.4) is 0 Å². The van der Waals surface area contributed by atoms with E-state index in [0.29, 0.717) is 5.69 Å². The smallest absolute Gasteiger partial charge is 0.372 e. The van der Waals surface area contributed by atoms with Crippen LogP contribution in [0.25, 0.3) is 5.69 Å². The molecule has 31 heavy (non-hydrogen) atoms. The highest BCUT2D eigenvalue weighted by atomic mass is 35.5. The van der Waals surface area contributed by atoms with E-state index in [0.717, 1.165) is 0 Å². The van der Waals surface area contributed by atoms with Gasteiger partial charge in [0.25, 0.3) is 0 Å². The minimum Gasteiger partial charge on any atom is -0.372 e. The van der Waals surface area contributed by atoms with E-state index in [1.165, 1.54) is 52.6 Å². The summed E-state index contributed by atoms with van der Waals surface area (Å²) in [7, 11) is 0. The molecule has 1 aliphatic rings. The van der Waals surface area contributed by atoms with Crippen LogP contribution in [0.5, 0.6) is 0 Å². The van der Waals surface area contributed by atoms with Crippen LogP contribution in [0.2, 0.25) is 10.0 Å². The van der Waals surface area contributed by atoms with Crippen molar-refractivity contribution >= 4 is 28.9 Å². The molecule has 1 fully saturated rings. The van der Waals surface area contributed by atoms with E-state index in [1.807, 2.05) is 6.07 Å². The number of anilines is 1. The van der Waals surface area contributed by atoms with Crippen LogP contribution in [0, 0.1) is 11.3 Å². The first kappa shape index (κ1) is 21.4. The summed E-state index contributed by atoms with van der Waals surface area (Å²) in [6.45, 7) is -0.0989. The molecule has 2 unspecified atom stereocenters. The Morgan fingerprint density at radius 2 is 1.87 bits per heavy atom. The lowest BCUT2D eigenvalue weighted by Crippen LogP contribution is -2.52. The Labute approximate surface area is 185 Å². The first-order valence-corrected chi connectivity index (χ1v) is 9.80. The minimum absolute atomic E-state index is 0.0423. The molecule has 1 saturated heterocycles. The normalized spacial score (nSPS) is 21.3. The third-order valence-corrected chi connectivity index (χ3v) is 5.90. The van der Waals surface area contributed by atoms with E-state index in [9.17, 15) is 23.5 Å². The maximum atomic E-state index is 14.4. The van der Waals surface area contributed by atoms with Crippen LogP contribution in [0.1, 0.15) is 17.5 Å². The average Bonchev–Trinajstić information content (AvgIpc) is 3.34. The summed E-state index contributed by atoms with van der Waals surface area (Å²) >= 11 is 11.9. The predicted octanol–water partition coefficient (Wildman–Crippen LogP) is 4.47. The zero-order valence-corrected chi connectivity index (χ0v) is 17.2. The molecule has 0 spiro atoms. The Morgan fingerprint density at radius 3 is 2.45 bits per heavy atom. The molecular weight excluding hydrogens is 454 g/mol. The zero-order valence-electron chi connectivity index (χ0n) is 15.7. The third-order valence-electron chi connectivity index (χ3n) is 5.46.